The van der Waals surface area contributed by atoms with Gasteiger partial charge in [0.1, 0.15) is 0 Å². The average Bonchev–Trinajstić information content (AvgIpc) is 3.02. The van der Waals surface area contributed by atoms with Gasteiger partial charge in [-0.25, -0.2) is 0 Å². The van der Waals surface area contributed by atoms with Gasteiger partial charge in [0.2, 0.25) is 0 Å². The predicted molar refractivity (Wildman–Crippen MR) is 193 cm³/mol. The Morgan fingerprint density at radius 1 is 0.568 bits per heavy atom. The lowest BCUT2D eigenvalue weighted by atomic mass is 9.61. The highest BCUT2D eigenvalue weighted by Crippen LogP contribution is 2.44. The Hall–Kier alpha value is -4.14. The van der Waals surface area contributed by atoms with Gasteiger partial charge in [-0.1, -0.05) is 143 Å². The van der Waals surface area contributed by atoms with Crippen molar-refractivity contribution < 1.29 is 4.65 Å². The SMILES string of the molecule is CB(OC(C)(C)C(C)(C)C)c1ccc2c(-c3cccc4ccccc34)c3ccccc3c(-c3cccc4c3=CCCC=4)c2c1. The normalized spacial score (nSPS) is 13.5. The number of fused-ring (bicyclic) bond motifs is 4. The van der Waals surface area contributed by atoms with Gasteiger partial charge in [0, 0.05) is 0 Å². The summed E-state index contributed by atoms with van der Waals surface area (Å²) >= 11 is 0. The van der Waals surface area contributed by atoms with E-state index in [4.69, 9.17) is 4.65 Å². The maximum absolute atomic E-state index is 6.82. The van der Waals surface area contributed by atoms with Crippen molar-refractivity contribution in [3.8, 4) is 22.3 Å². The van der Waals surface area contributed by atoms with Crippen molar-refractivity contribution in [2.75, 3.05) is 0 Å². The minimum absolute atomic E-state index is 0.0104. The zero-order valence-electron chi connectivity index (χ0n) is 26.9. The maximum Gasteiger partial charge on any atom is 0.324 e. The zero-order chi connectivity index (χ0) is 30.6. The van der Waals surface area contributed by atoms with Crippen molar-refractivity contribution in [2.45, 2.75) is 59.9 Å². The summed E-state index contributed by atoms with van der Waals surface area (Å²) in [6, 6.07) is 38.4. The summed E-state index contributed by atoms with van der Waals surface area (Å²) in [4.78, 5) is 0. The Bertz CT molecular complexity index is 2180. The third-order valence-electron chi connectivity index (χ3n) is 10.1. The summed E-state index contributed by atoms with van der Waals surface area (Å²) < 4.78 is 6.82. The van der Waals surface area contributed by atoms with Crippen molar-refractivity contribution in [3.63, 3.8) is 0 Å². The maximum atomic E-state index is 6.82. The molecule has 0 aliphatic heterocycles. The Labute approximate surface area is 262 Å². The minimum Gasteiger partial charge on any atom is -0.426 e. The molecule has 2 heteroatoms. The van der Waals surface area contributed by atoms with Crippen LogP contribution in [0.1, 0.15) is 47.5 Å². The number of hydrogen-bond donors (Lipinski definition) is 0. The molecule has 0 fully saturated rings. The number of benzene rings is 6. The second-order valence-electron chi connectivity index (χ2n) is 13.9. The molecule has 44 heavy (non-hydrogen) atoms. The van der Waals surface area contributed by atoms with Crippen molar-refractivity contribution >= 4 is 56.8 Å². The van der Waals surface area contributed by atoms with Crippen LogP contribution in [0.2, 0.25) is 6.82 Å². The number of hydrogen-bond acceptors (Lipinski definition) is 1. The molecule has 0 bridgehead atoms. The summed E-state index contributed by atoms with van der Waals surface area (Å²) in [6.07, 6.45) is 7.00. The van der Waals surface area contributed by atoms with Gasteiger partial charge in [-0.05, 0) is 103 Å². The van der Waals surface area contributed by atoms with Crippen LogP contribution < -0.4 is 15.9 Å². The lowest BCUT2D eigenvalue weighted by Crippen LogP contribution is -2.46. The highest BCUT2D eigenvalue weighted by atomic mass is 16.5. The summed E-state index contributed by atoms with van der Waals surface area (Å²) in [5.74, 6) is 0. The van der Waals surface area contributed by atoms with E-state index in [9.17, 15) is 0 Å². The van der Waals surface area contributed by atoms with E-state index in [1.54, 1.807) is 0 Å². The Balaban J connectivity index is 1.60. The molecule has 6 aromatic carbocycles. The van der Waals surface area contributed by atoms with E-state index < -0.39 is 0 Å². The van der Waals surface area contributed by atoms with Gasteiger partial charge in [-0.2, -0.15) is 0 Å². The van der Waals surface area contributed by atoms with Gasteiger partial charge >= 0.3 is 6.92 Å². The molecule has 0 heterocycles. The molecule has 0 saturated heterocycles. The van der Waals surface area contributed by atoms with Crippen molar-refractivity contribution in [1.82, 2.24) is 0 Å². The van der Waals surface area contributed by atoms with Crippen LogP contribution in [-0.2, 0) is 4.65 Å². The highest BCUT2D eigenvalue weighted by molar-refractivity contribution is 6.66. The van der Waals surface area contributed by atoms with Crippen LogP contribution in [0.15, 0.2) is 103 Å². The molecule has 0 N–H and O–H groups in total. The third kappa shape index (κ3) is 4.77. The van der Waals surface area contributed by atoms with E-state index in [-0.39, 0.29) is 17.9 Å². The van der Waals surface area contributed by atoms with Crippen molar-refractivity contribution in [3.05, 3.63) is 114 Å². The molecular weight excluding hydrogens is 531 g/mol. The molecule has 1 aliphatic carbocycles. The van der Waals surface area contributed by atoms with Crippen LogP contribution in [0.4, 0.5) is 0 Å². The van der Waals surface area contributed by atoms with Crippen molar-refractivity contribution in [1.29, 1.82) is 0 Å². The van der Waals surface area contributed by atoms with Gasteiger partial charge in [-0.15, -0.1) is 0 Å². The smallest absolute Gasteiger partial charge is 0.324 e. The van der Waals surface area contributed by atoms with E-state index in [1.807, 2.05) is 0 Å². The van der Waals surface area contributed by atoms with Crippen molar-refractivity contribution in [2.24, 2.45) is 5.41 Å². The molecule has 0 atom stereocenters. The second kappa shape index (κ2) is 10.8. The molecule has 1 nitrogen and oxygen atoms in total. The van der Waals surface area contributed by atoms with E-state index in [0.717, 1.165) is 12.8 Å². The molecular formula is C42H41BO. The van der Waals surface area contributed by atoms with E-state index in [0.29, 0.717) is 0 Å². The largest absolute Gasteiger partial charge is 0.426 e. The Morgan fingerprint density at radius 3 is 1.91 bits per heavy atom. The molecule has 0 saturated carbocycles. The molecule has 0 radical (unpaired) electrons. The lowest BCUT2D eigenvalue weighted by Gasteiger charge is -2.41. The second-order valence-corrected chi connectivity index (χ2v) is 13.9. The van der Waals surface area contributed by atoms with Gasteiger partial charge in [-0.3, -0.25) is 0 Å². The fourth-order valence-electron chi connectivity index (χ4n) is 6.83. The quantitative estimate of drug-likeness (QED) is 0.148. The highest BCUT2D eigenvalue weighted by Gasteiger charge is 2.36. The van der Waals surface area contributed by atoms with E-state index in [1.165, 1.54) is 70.5 Å². The molecule has 0 aromatic heterocycles. The first-order chi connectivity index (χ1) is 21.1. The molecule has 0 unspecified atom stereocenters. The average molecular weight is 573 g/mol. The topological polar surface area (TPSA) is 9.23 Å². The lowest BCUT2D eigenvalue weighted by molar-refractivity contribution is 0.000454. The van der Waals surface area contributed by atoms with Crippen LogP contribution >= 0.6 is 0 Å². The fourth-order valence-corrected chi connectivity index (χ4v) is 6.83. The number of rotatable bonds is 5. The van der Waals surface area contributed by atoms with E-state index in [2.05, 4.69) is 157 Å². The molecule has 0 amide bonds. The first-order valence-corrected chi connectivity index (χ1v) is 16.1. The molecule has 218 valence electrons. The minimum atomic E-state index is -0.287. The first kappa shape index (κ1) is 28.6. The molecule has 6 aromatic rings. The Kier molecular flexibility index (Phi) is 7.02. The van der Waals surface area contributed by atoms with E-state index >= 15 is 0 Å². The first-order valence-electron chi connectivity index (χ1n) is 16.1. The van der Waals surface area contributed by atoms with Crippen LogP contribution in [0.5, 0.6) is 0 Å². The summed E-state index contributed by atoms with van der Waals surface area (Å²) in [5, 5.41) is 10.4. The molecule has 1 aliphatic rings. The Morgan fingerprint density at radius 2 is 1.16 bits per heavy atom. The standard InChI is InChI=1S/C42H41BO/c1-41(2,3)42(4,5)44-43(6)30-25-26-37-38(27-30)40(34-24-14-18-29-16-8-10-20-32(29)34)36-22-12-11-21-35(36)39(37)33-23-13-17-28-15-7-9-19-31(28)33/h7,9,11-27H,8,10H2,1-6H3. The molecule has 0 spiro atoms. The summed E-state index contributed by atoms with van der Waals surface area (Å²) in [6.45, 7) is 13.3. The van der Waals surface area contributed by atoms with Gasteiger partial charge in [0.25, 0.3) is 0 Å². The summed E-state index contributed by atoms with van der Waals surface area (Å²) in [7, 11) is 0. The van der Waals surface area contributed by atoms with Crippen LogP contribution in [0.3, 0.4) is 0 Å². The van der Waals surface area contributed by atoms with Gasteiger partial charge in [0.15, 0.2) is 0 Å². The van der Waals surface area contributed by atoms with Gasteiger partial charge in [0.05, 0.1) is 5.60 Å². The summed E-state index contributed by atoms with van der Waals surface area (Å²) in [5.41, 5.74) is 6.12. The monoisotopic (exact) mass is 572 g/mol. The predicted octanol–water partition coefficient (Wildman–Crippen LogP) is 9.50. The zero-order valence-corrected chi connectivity index (χ0v) is 26.9. The third-order valence-corrected chi connectivity index (χ3v) is 10.1. The van der Waals surface area contributed by atoms with Gasteiger partial charge < -0.3 is 4.65 Å². The van der Waals surface area contributed by atoms with Crippen LogP contribution in [0, 0.1) is 5.41 Å². The fraction of sp³-hybridized carbons (Fsp3) is 0.238. The molecule has 7 rings (SSSR count). The van der Waals surface area contributed by atoms with Crippen LogP contribution in [-0.4, -0.2) is 12.5 Å². The van der Waals surface area contributed by atoms with Crippen LogP contribution in [0.25, 0.3) is 66.7 Å².